The van der Waals surface area contributed by atoms with Gasteiger partial charge in [-0.3, -0.25) is 9.67 Å². The fraction of sp³-hybridized carbons (Fsp3) is 0.286. The van der Waals surface area contributed by atoms with E-state index < -0.39 is 15.8 Å². The number of sulfonamides is 1. The summed E-state index contributed by atoms with van der Waals surface area (Å²) >= 11 is 0. The molecule has 0 aliphatic rings. The van der Waals surface area contributed by atoms with Crippen molar-refractivity contribution in [3.05, 3.63) is 45.7 Å². The second-order valence-corrected chi connectivity index (χ2v) is 7.04. The third-order valence-electron chi connectivity index (χ3n) is 3.80. The Morgan fingerprint density at radius 3 is 2.74 bits per heavy atom. The van der Waals surface area contributed by atoms with Crippen molar-refractivity contribution in [2.45, 2.75) is 25.3 Å². The van der Waals surface area contributed by atoms with Crippen LogP contribution in [0.3, 0.4) is 0 Å². The van der Waals surface area contributed by atoms with Crippen LogP contribution >= 0.6 is 0 Å². The number of aryl methyl sites for hydroxylation is 2. The molecule has 0 bridgehead atoms. The average Bonchev–Trinajstić information content (AvgIpc) is 2.96. The summed E-state index contributed by atoms with van der Waals surface area (Å²) in [4.78, 5) is 13.6. The zero-order chi connectivity index (χ0) is 16.8. The normalized spacial score (nSPS) is 12.1. The summed E-state index contributed by atoms with van der Waals surface area (Å²) in [5, 5.41) is 4.26. The average molecular weight is 336 g/mol. The smallest absolute Gasteiger partial charge is 0.408 e. The molecular formula is C14H16N4O4S. The number of nitrogens with one attached hydrogen (secondary N) is 2. The molecule has 8 nitrogen and oxygen atoms in total. The van der Waals surface area contributed by atoms with Crippen molar-refractivity contribution in [3.63, 3.8) is 0 Å². The Bertz CT molecular complexity index is 1040. The first-order chi connectivity index (χ1) is 10.8. The quantitative estimate of drug-likeness (QED) is 0.737. The van der Waals surface area contributed by atoms with Gasteiger partial charge < -0.3 is 4.42 Å². The number of oxazole rings is 1. The molecule has 1 aromatic carbocycles. The van der Waals surface area contributed by atoms with Gasteiger partial charge in [-0.05, 0) is 26.0 Å². The zero-order valence-corrected chi connectivity index (χ0v) is 13.7. The lowest BCUT2D eigenvalue weighted by molar-refractivity contribution is 0.553. The van der Waals surface area contributed by atoms with Crippen LogP contribution in [0.1, 0.15) is 17.0 Å². The Hall–Kier alpha value is -2.39. The molecule has 0 unspecified atom stereocenters. The Labute approximate surface area is 132 Å². The Kier molecular flexibility index (Phi) is 3.61. The fourth-order valence-electron chi connectivity index (χ4n) is 2.42. The second-order valence-electron chi connectivity index (χ2n) is 5.27. The Balaban J connectivity index is 1.89. The minimum absolute atomic E-state index is 0.0342. The minimum Gasteiger partial charge on any atom is -0.408 e. The van der Waals surface area contributed by atoms with Gasteiger partial charge in [0.05, 0.1) is 16.1 Å². The van der Waals surface area contributed by atoms with Crippen molar-refractivity contribution < 1.29 is 12.8 Å². The van der Waals surface area contributed by atoms with Crippen LogP contribution in [0.5, 0.6) is 0 Å². The first-order valence-corrected chi connectivity index (χ1v) is 8.38. The first-order valence-electron chi connectivity index (χ1n) is 6.89. The molecule has 23 heavy (non-hydrogen) atoms. The van der Waals surface area contributed by atoms with Gasteiger partial charge in [0.15, 0.2) is 5.58 Å². The van der Waals surface area contributed by atoms with Crippen molar-refractivity contribution in [2.75, 3.05) is 0 Å². The highest BCUT2D eigenvalue weighted by molar-refractivity contribution is 7.89. The number of rotatable bonds is 4. The highest BCUT2D eigenvalue weighted by Crippen LogP contribution is 2.18. The standard InChI is InChI=1S/C14H16N4O4S/c1-8-11(9(2)18(3)17-8)7-15-23(20,21)10-4-5-12-13(6-10)22-14(19)16-12/h4-6,15H,7H2,1-3H3,(H,16,19). The van der Waals surface area contributed by atoms with Crippen molar-refractivity contribution in [1.29, 1.82) is 0 Å². The molecule has 0 saturated carbocycles. The lowest BCUT2D eigenvalue weighted by Gasteiger charge is -2.07. The van der Waals surface area contributed by atoms with E-state index in [1.54, 1.807) is 4.68 Å². The van der Waals surface area contributed by atoms with Crippen LogP contribution in [0.4, 0.5) is 0 Å². The molecule has 0 amide bonds. The number of aromatic nitrogens is 3. The van der Waals surface area contributed by atoms with Crippen LogP contribution in [-0.4, -0.2) is 23.2 Å². The van der Waals surface area contributed by atoms with Gasteiger partial charge in [0.2, 0.25) is 10.0 Å². The zero-order valence-electron chi connectivity index (χ0n) is 12.9. The van der Waals surface area contributed by atoms with Crippen molar-refractivity contribution in [2.24, 2.45) is 7.05 Å². The summed E-state index contributed by atoms with van der Waals surface area (Å²) in [7, 11) is -1.92. The highest BCUT2D eigenvalue weighted by atomic mass is 32.2. The maximum Gasteiger partial charge on any atom is 0.417 e. The van der Waals surface area contributed by atoms with Gasteiger partial charge in [-0.15, -0.1) is 0 Å². The van der Waals surface area contributed by atoms with Gasteiger partial charge in [0.1, 0.15) is 0 Å². The topological polar surface area (TPSA) is 110 Å². The molecule has 3 rings (SSSR count). The third kappa shape index (κ3) is 2.80. The molecule has 2 heterocycles. The molecule has 9 heteroatoms. The van der Waals surface area contributed by atoms with Crippen LogP contribution < -0.4 is 10.5 Å². The SMILES string of the molecule is Cc1nn(C)c(C)c1CNS(=O)(=O)c1ccc2[nH]c(=O)oc2c1. The molecule has 2 N–H and O–H groups in total. The van der Waals surface area contributed by atoms with Crippen molar-refractivity contribution in [3.8, 4) is 0 Å². The van der Waals surface area contributed by atoms with E-state index in [1.165, 1.54) is 18.2 Å². The predicted molar refractivity (Wildman–Crippen MR) is 83.5 cm³/mol. The van der Waals surface area contributed by atoms with Gasteiger partial charge in [0.25, 0.3) is 0 Å². The number of fused-ring (bicyclic) bond motifs is 1. The number of hydrogen-bond acceptors (Lipinski definition) is 5. The Morgan fingerprint density at radius 1 is 1.35 bits per heavy atom. The molecule has 0 saturated heterocycles. The van der Waals surface area contributed by atoms with Gasteiger partial charge in [-0.25, -0.2) is 17.9 Å². The minimum atomic E-state index is -3.73. The fourth-order valence-corrected chi connectivity index (χ4v) is 3.43. The molecule has 0 aliphatic carbocycles. The highest BCUT2D eigenvalue weighted by Gasteiger charge is 2.18. The summed E-state index contributed by atoms with van der Waals surface area (Å²) in [6.07, 6.45) is 0. The monoisotopic (exact) mass is 336 g/mol. The summed E-state index contributed by atoms with van der Waals surface area (Å²) in [5.74, 6) is -0.621. The van der Waals surface area contributed by atoms with E-state index >= 15 is 0 Å². The summed E-state index contributed by atoms with van der Waals surface area (Å²) in [6, 6.07) is 4.23. The molecule has 0 fully saturated rings. The van der Waals surface area contributed by atoms with E-state index in [9.17, 15) is 13.2 Å². The first kappa shape index (κ1) is 15.5. The van der Waals surface area contributed by atoms with Crippen LogP contribution in [0.2, 0.25) is 0 Å². The van der Waals surface area contributed by atoms with Crippen molar-refractivity contribution in [1.82, 2.24) is 19.5 Å². The van der Waals surface area contributed by atoms with Crippen LogP contribution in [-0.2, 0) is 23.6 Å². The van der Waals surface area contributed by atoms with E-state index in [0.717, 1.165) is 17.0 Å². The summed E-state index contributed by atoms with van der Waals surface area (Å²) in [5.41, 5.74) is 3.17. The number of benzene rings is 1. The van der Waals surface area contributed by atoms with Gasteiger partial charge in [-0.1, -0.05) is 0 Å². The lowest BCUT2D eigenvalue weighted by atomic mass is 10.2. The summed E-state index contributed by atoms with van der Waals surface area (Å²) in [6.45, 7) is 3.85. The maximum absolute atomic E-state index is 12.4. The molecule has 2 aromatic heterocycles. The second kappa shape index (κ2) is 5.36. The number of nitrogens with zero attached hydrogens (tertiary/aromatic N) is 2. The lowest BCUT2D eigenvalue weighted by Crippen LogP contribution is -2.23. The molecule has 3 aromatic rings. The Morgan fingerprint density at radius 2 is 2.09 bits per heavy atom. The van der Waals surface area contributed by atoms with Crippen molar-refractivity contribution >= 4 is 21.1 Å². The maximum atomic E-state index is 12.4. The molecule has 0 spiro atoms. The molecule has 122 valence electrons. The van der Waals surface area contributed by atoms with E-state index in [1.807, 2.05) is 20.9 Å². The van der Waals surface area contributed by atoms with Gasteiger partial charge in [0, 0.05) is 30.9 Å². The van der Waals surface area contributed by atoms with E-state index in [4.69, 9.17) is 4.42 Å². The van der Waals surface area contributed by atoms with E-state index in [2.05, 4.69) is 14.8 Å². The predicted octanol–water partition coefficient (Wildman–Crippen LogP) is 0.950. The molecular weight excluding hydrogens is 320 g/mol. The molecule has 0 atom stereocenters. The molecule has 0 radical (unpaired) electrons. The van der Waals surface area contributed by atoms with Crippen LogP contribution in [0.25, 0.3) is 11.1 Å². The van der Waals surface area contributed by atoms with Gasteiger partial charge >= 0.3 is 5.76 Å². The van der Waals surface area contributed by atoms with E-state index in [-0.39, 0.29) is 17.0 Å². The molecule has 0 aliphatic heterocycles. The van der Waals surface area contributed by atoms with Crippen LogP contribution in [0.15, 0.2) is 32.3 Å². The van der Waals surface area contributed by atoms with Gasteiger partial charge in [-0.2, -0.15) is 5.10 Å². The number of aromatic amines is 1. The summed E-state index contributed by atoms with van der Waals surface area (Å²) < 4.78 is 34.0. The largest absolute Gasteiger partial charge is 0.417 e. The third-order valence-corrected chi connectivity index (χ3v) is 5.20. The number of hydrogen-bond donors (Lipinski definition) is 2. The van der Waals surface area contributed by atoms with Crippen LogP contribution in [0, 0.1) is 13.8 Å². The van der Waals surface area contributed by atoms with E-state index in [0.29, 0.717) is 5.52 Å². The number of H-pyrrole nitrogens is 1.